The SMILES string of the molecule is CCCCCCCCCCCCCC/C=C/C(O)C(CO)NC(=O)CCCCCCCCCCCCCCCCCCC/C=C\C/C=C\CCCCCCCCCCCCCOC(=O)CCCCCCCCCCCCCCC. The number of nitrogens with one attached hydrogen (secondary N) is 1. The fourth-order valence-electron chi connectivity index (χ4n) is 11.2. The molecule has 2 atom stereocenters. The van der Waals surface area contributed by atoms with Crippen LogP contribution in [0.2, 0.25) is 0 Å². The van der Waals surface area contributed by atoms with E-state index in [-0.39, 0.29) is 18.5 Å². The summed E-state index contributed by atoms with van der Waals surface area (Å²) in [6.07, 6.45) is 88.1. The number of carbonyl (C=O) groups excluding carboxylic acids is 2. The number of rotatable bonds is 67. The van der Waals surface area contributed by atoms with Crippen molar-refractivity contribution in [3.63, 3.8) is 0 Å². The number of hydrogen-bond donors (Lipinski definition) is 3. The molecule has 0 aliphatic rings. The summed E-state index contributed by atoms with van der Waals surface area (Å²) in [4.78, 5) is 24.5. The first-order valence-corrected chi connectivity index (χ1v) is 35.8. The Morgan fingerprint density at radius 3 is 0.962 bits per heavy atom. The maximum absolute atomic E-state index is 12.5. The normalized spacial score (nSPS) is 12.7. The van der Waals surface area contributed by atoms with Gasteiger partial charge in [-0.05, 0) is 64.2 Å². The summed E-state index contributed by atoms with van der Waals surface area (Å²) >= 11 is 0. The van der Waals surface area contributed by atoms with Crippen molar-refractivity contribution in [2.45, 2.75) is 405 Å². The van der Waals surface area contributed by atoms with Crippen molar-refractivity contribution < 1.29 is 24.5 Å². The highest BCUT2D eigenvalue weighted by atomic mass is 16.5. The lowest BCUT2D eigenvalue weighted by Crippen LogP contribution is -2.45. The van der Waals surface area contributed by atoms with E-state index in [0.29, 0.717) is 19.4 Å². The third kappa shape index (κ3) is 65.1. The second-order valence-electron chi connectivity index (χ2n) is 24.6. The van der Waals surface area contributed by atoms with Crippen LogP contribution in [0.15, 0.2) is 36.5 Å². The summed E-state index contributed by atoms with van der Waals surface area (Å²) in [7, 11) is 0. The molecular weight excluding hydrogens is 971 g/mol. The van der Waals surface area contributed by atoms with E-state index in [1.165, 1.54) is 321 Å². The van der Waals surface area contributed by atoms with Gasteiger partial charge in [0.1, 0.15) is 0 Å². The fraction of sp³-hybridized carbons (Fsp3) is 0.890. The van der Waals surface area contributed by atoms with Gasteiger partial charge in [-0.15, -0.1) is 0 Å². The first-order valence-electron chi connectivity index (χ1n) is 35.8. The molecule has 0 aromatic rings. The molecule has 466 valence electrons. The van der Waals surface area contributed by atoms with Crippen LogP contribution in [0.1, 0.15) is 393 Å². The molecule has 0 saturated heterocycles. The Hall–Kier alpha value is -1.92. The standard InChI is InChI=1S/C73H139NO5/c1-3-5-7-9-11-13-15-17-42-45-49-53-57-61-65-71(76)70(69-75)74-72(77)66-62-58-54-50-46-43-39-37-35-33-31-29-27-25-23-21-19-18-20-22-24-26-28-30-32-34-36-38-40-44-48-52-56-60-64-68-79-73(78)67-63-59-55-51-47-41-16-14-12-10-8-6-4-2/h20,22,26,28,61,65,70-71,75-76H,3-19,21,23-25,27,29-60,62-64,66-69H2,1-2H3,(H,74,77)/b22-20-,28-26-,65-61+. The quantitative estimate of drug-likeness (QED) is 0.0320. The summed E-state index contributed by atoms with van der Waals surface area (Å²) in [5.41, 5.74) is 0. The van der Waals surface area contributed by atoms with Crippen LogP contribution in [-0.2, 0) is 14.3 Å². The number of unbranched alkanes of at least 4 members (excludes halogenated alkanes) is 52. The predicted octanol–water partition coefficient (Wildman–Crippen LogP) is 23.1. The number of aliphatic hydroxyl groups is 2. The molecule has 0 aromatic heterocycles. The van der Waals surface area contributed by atoms with E-state index in [4.69, 9.17) is 4.74 Å². The van der Waals surface area contributed by atoms with Crippen molar-refractivity contribution in [3.8, 4) is 0 Å². The molecule has 1 amide bonds. The van der Waals surface area contributed by atoms with Gasteiger partial charge in [0.2, 0.25) is 5.91 Å². The largest absolute Gasteiger partial charge is 0.466 e. The van der Waals surface area contributed by atoms with Gasteiger partial charge in [-0.2, -0.15) is 0 Å². The van der Waals surface area contributed by atoms with Gasteiger partial charge in [0.25, 0.3) is 0 Å². The van der Waals surface area contributed by atoms with Gasteiger partial charge in [0, 0.05) is 12.8 Å². The maximum atomic E-state index is 12.5. The Labute approximate surface area is 494 Å². The smallest absolute Gasteiger partial charge is 0.305 e. The van der Waals surface area contributed by atoms with Crippen LogP contribution in [0, 0.1) is 0 Å². The van der Waals surface area contributed by atoms with Crippen LogP contribution >= 0.6 is 0 Å². The van der Waals surface area contributed by atoms with Crippen molar-refractivity contribution in [1.29, 1.82) is 0 Å². The van der Waals surface area contributed by atoms with Crippen LogP contribution < -0.4 is 5.32 Å². The van der Waals surface area contributed by atoms with Crippen LogP contribution in [0.4, 0.5) is 0 Å². The number of aliphatic hydroxyl groups excluding tert-OH is 2. The highest BCUT2D eigenvalue weighted by Gasteiger charge is 2.18. The number of allylic oxidation sites excluding steroid dienone is 5. The molecule has 0 radical (unpaired) electrons. The summed E-state index contributed by atoms with van der Waals surface area (Å²) < 4.78 is 5.49. The second kappa shape index (κ2) is 68.6. The van der Waals surface area contributed by atoms with Gasteiger partial charge in [0.05, 0.1) is 25.4 Å². The molecule has 0 rings (SSSR count). The minimum absolute atomic E-state index is 0.0184. The van der Waals surface area contributed by atoms with E-state index in [0.717, 1.165) is 44.9 Å². The minimum Gasteiger partial charge on any atom is -0.466 e. The van der Waals surface area contributed by atoms with Crippen LogP contribution in [-0.4, -0.2) is 47.4 Å². The molecule has 0 bridgehead atoms. The average molecular weight is 1110 g/mol. The summed E-state index contributed by atoms with van der Waals surface area (Å²) in [6, 6.07) is -0.626. The van der Waals surface area contributed by atoms with E-state index in [1.54, 1.807) is 6.08 Å². The molecule has 6 heteroatoms. The first-order chi connectivity index (χ1) is 39.0. The molecule has 0 aliphatic carbocycles. The van der Waals surface area contributed by atoms with E-state index >= 15 is 0 Å². The first kappa shape index (κ1) is 77.1. The molecule has 0 fully saturated rings. The average Bonchev–Trinajstić information content (AvgIpc) is 3.45. The van der Waals surface area contributed by atoms with Crippen LogP contribution in [0.25, 0.3) is 0 Å². The molecule has 0 aromatic carbocycles. The highest BCUT2D eigenvalue weighted by molar-refractivity contribution is 5.76. The molecule has 6 nitrogen and oxygen atoms in total. The third-order valence-corrected chi connectivity index (χ3v) is 16.7. The zero-order chi connectivity index (χ0) is 57.1. The van der Waals surface area contributed by atoms with E-state index < -0.39 is 12.1 Å². The van der Waals surface area contributed by atoms with Crippen molar-refractivity contribution in [3.05, 3.63) is 36.5 Å². The molecule has 79 heavy (non-hydrogen) atoms. The van der Waals surface area contributed by atoms with Gasteiger partial charge >= 0.3 is 5.97 Å². The Bertz CT molecular complexity index is 1280. The Morgan fingerprint density at radius 1 is 0.354 bits per heavy atom. The van der Waals surface area contributed by atoms with Gasteiger partial charge < -0.3 is 20.3 Å². The number of hydrogen-bond acceptors (Lipinski definition) is 5. The second-order valence-corrected chi connectivity index (χ2v) is 24.6. The zero-order valence-electron chi connectivity index (χ0n) is 53.4. The molecule has 2 unspecified atom stereocenters. The van der Waals surface area contributed by atoms with Gasteiger partial charge in [-0.3, -0.25) is 9.59 Å². The Kier molecular flexibility index (Phi) is 66.9. The van der Waals surface area contributed by atoms with Gasteiger partial charge in [-0.1, -0.05) is 352 Å². The third-order valence-electron chi connectivity index (χ3n) is 16.7. The molecule has 0 heterocycles. The Balaban J connectivity index is 3.37. The summed E-state index contributed by atoms with van der Waals surface area (Å²) in [5.74, 6) is -0.0454. The van der Waals surface area contributed by atoms with E-state index in [9.17, 15) is 19.8 Å². The number of amides is 1. The fourth-order valence-corrected chi connectivity index (χ4v) is 11.2. The lowest BCUT2D eigenvalue weighted by atomic mass is 10.0. The Morgan fingerprint density at radius 2 is 0.633 bits per heavy atom. The minimum atomic E-state index is -0.842. The monoisotopic (exact) mass is 1110 g/mol. The van der Waals surface area contributed by atoms with Crippen molar-refractivity contribution >= 4 is 11.9 Å². The molecule has 0 saturated carbocycles. The van der Waals surface area contributed by atoms with E-state index in [2.05, 4.69) is 43.5 Å². The van der Waals surface area contributed by atoms with Crippen LogP contribution in [0.5, 0.6) is 0 Å². The molecule has 3 N–H and O–H groups in total. The van der Waals surface area contributed by atoms with Crippen LogP contribution in [0.3, 0.4) is 0 Å². The maximum Gasteiger partial charge on any atom is 0.305 e. The molecule has 0 aliphatic heterocycles. The predicted molar refractivity (Wildman–Crippen MR) is 347 cm³/mol. The van der Waals surface area contributed by atoms with Crippen molar-refractivity contribution in [2.24, 2.45) is 0 Å². The van der Waals surface area contributed by atoms with Crippen molar-refractivity contribution in [1.82, 2.24) is 5.32 Å². The van der Waals surface area contributed by atoms with Gasteiger partial charge in [-0.25, -0.2) is 0 Å². The van der Waals surface area contributed by atoms with Crippen molar-refractivity contribution in [2.75, 3.05) is 13.2 Å². The van der Waals surface area contributed by atoms with Gasteiger partial charge in [0.15, 0.2) is 0 Å². The van der Waals surface area contributed by atoms with E-state index in [1.807, 2.05) is 6.08 Å². The summed E-state index contributed by atoms with van der Waals surface area (Å²) in [6.45, 7) is 4.93. The highest BCUT2D eigenvalue weighted by Crippen LogP contribution is 2.18. The number of esters is 1. The number of carbonyl (C=O) groups is 2. The lowest BCUT2D eigenvalue weighted by Gasteiger charge is -2.20. The molecule has 0 spiro atoms. The topological polar surface area (TPSA) is 95.9 Å². The zero-order valence-corrected chi connectivity index (χ0v) is 53.4. The number of ether oxygens (including phenoxy) is 1. The summed E-state index contributed by atoms with van der Waals surface area (Å²) in [5, 5.41) is 23.1. The lowest BCUT2D eigenvalue weighted by molar-refractivity contribution is -0.143. The molecular formula is C73H139NO5.